The third kappa shape index (κ3) is 8.60. The van der Waals surface area contributed by atoms with Crippen LogP contribution in [0.5, 0.6) is 0 Å². The number of rotatable bonds is 9. The van der Waals surface area contributed by atoms with Gasteiger partial charge >= 0.3 is 6.03 Å². The molecule has 0 saturated heterocycles. The Morgan fingerprint density at radius 1 is 0.683 bits per heavy atom. The monoisotopic (exact) mass is 572 g/mol. The highest BCUT2D eigenvalue weighted by Gasteiger charge is 2.14. The van der Waals surface area contributed by atoms with Gasteiger partial charge in [0.15, 0.2) is 11.9 Å². The van der Waals surface area contributed by atoms with Crippen LogP contribution in [0.25, 0.3) is 10.8 Å². The standard InChI is InChI=1S/C29H32N8O3S/c30-16-20-5-3-6-21(13-20)17-33-27(31)36-29(38)37-28(32)34-18-22-7-4-8-23(14-22)19-35-41(39,40)26-12-11-24-9-1-2-10-25(24)15-26/h1-15,35H,16-19,30H2,(H6,31,32,33,34,36,37,38). The van der Waals surface area contributed by atoms with Gasteiger partial charge in [-0.05, 0) is 45.2 Å². The van der Waals surface area contributed by atoms with Gasteiger partial charge in [-0.2, -0.15) is 0 Å². The zero-order valence-electron chi connectivity index (χ0n) is 22.2. The fourth-order valence-corrected chi connectivity index (χ4v) is 5.04. The van der Waals surface area contributed by atoms with Gasteiger partial charge in [0.2, 0.25) is 10.0 Å². The van der Waals surface area contributed by atoms with Crippen molar-refractivity contribution in [2.45, 2.75) is 31.1 Å². The van der Waals surface area contributed by atoms with Crippen molar-refractivity contribution >= 4 is 38.7 Å². The second-order valence-electron chi connectivity index (χ2n) is 9.16. The molecule has 0 heterocycles. The Kier molecular flexibility index (Phi) is 9.64. The first-order valence-electron chi connectivity index (χ1n) is 12.7. The molecular formula is C29H32N8O3S. The van der Waals surface area contributed by atoms with Crippen molar-refractivity contribution in [3.05, 3.63) is 113 Å². The van der Waals surface area contributed by atoms with Crippen LogP contribution in [0.1, 0.15) is 22.3 Å². The van der Waals surface area contributed by atoms with Gasteiger partial charge in [0, 0.05) is 13.1 Å². The Labute approximate surface area is 238 Å². The van der Waals surface area contributed by atoms with Gasteiger partial charge in [-0.3, -0.25) is 10.6 Å². The molecule has 41 heavy (non-hydrogen) atoms. The molecule has 9 N–H and O–H groups in total. The van der Waals surface area contributed by atoms with Crippen LogP contribution in [0, 0.1) is 0 Å². The highest BCUT2D eigenvalue weighted by atomic mass is 32.2. The van der Waals surface area contributed by atoms with Crippen LogP contribution in [0.15, 0.2) is 106 Å². The third-order valence-electron chi connectivity index (χ3n) is 6.06. The number of guanidine groups is 2. The minimum absolute atomic E-state index is 0.0766. The first-order valence-corrected chi connectivity index (χ1v) is 14.2. The molecule has 4 aromatic carbocycles. The zero-order valence-corrected chi connectivity index (χ0v) is 23.1. The normalized spacial score (nSPS) is 12.3. The van der Waals surface area contributed by atoms with E-state index >= 15 is 0 Å². The van der Waals surface area contributed by atoms with Crippen molar-refractivity contribution in [1.82, 2.24) is 15.4 Å². The van der Waals surface area contributed by atoms with E-state index < -0.39 is 16.1 Å². The van der Waals surface area contributed by atoms with Crippen molar-refractivity contribution in [2.24, 2.45) is 27.2 Å². The van der Waals surface area contributed by atoms with Gasteiger partial charge in [0.25, 0.3) is 0 Å². The first kappa shape index (κ1) is 29.2. The van der Waals surface area contributed by atoms with Gasteiger partial charge in [0.05, 0.1) is 18.0 Å². The molecule has 0 aromatic heterocycles. The molecular weight excluding hydrogens is 540 g/mol. The summed E-state index contributed by atoms with van der Waals surface area (Å²) < 4.78 is 28.3. The van der Waals surface area contributed by atoms with Crippen LogP contribution in [0.3, 0.4) is 0 Å². The number of urea groups is 1. The van der Waals surface area contributed by atoms with Crippen LogP contribution in [0.4, 0.5) is 4.79 Å². The maximum absolute atomic E-state index is 12.8. The van der Waals surface area contributed by atoms with Crippen molar-refractivity contribution in [1.29, 1.82) is 0 Å². The second-order valence-corrected chi connectivity index (χ2v) is 10.9. The average Bonchev–Trinajstić information content (AvgIpc) is 2.98. The molecule has 0 aliphatic carbocycles. The van der Waals surface area contributed by atoms with E-state index in [-0.39, 0.29) is 36.4 Å². The molecule has 212 valence electrons. The fraction of sp³-hybridized carbons (Fsp3) is 0.138. The summed E-state index contributed by atoms with van der Waals surface area (Å²) in [7, 11) is -3.71. The number of hydrogen-bond donors (Lipinski definition) is 6. The van der Waals surface area contributed by atoms with E-state index in [1.54, 1.807) is 30.3 Å². The largest absolute Gasteiger partial charge is 0.370 e. The number of sulfonamides is 1. The van der Waals surface area contributed by atoms with Gasteiger partial charge in [-0.25, -0.2) is 27.9 Å². The SMILES string of the molecule is NCc1cccc(CN=C(N)NC(=O)NC(N)=NCc2cccc(CNS(=O)(=O)c3ccc4ccccc4c3)c2)c1. The lowest BCUT2D eigenvalue weighted by Gasteiger charge is -2.09. The number of carbonyl (C=O) groups is 1. The Morgan fingerprint density at radius 3 is 1.88 bits per heavy atom. The number of nitrogens with two attached hydrogens (primary N) is 3. The van der Waals surface area contributed by atoms with E-state index in [0.29, 0.717) is 6.54 Å². The number of nitrogens with one attached hydrogen (secondary N) is 3. The minimum atomic E-state index is -3.71. The summed E-state index contributed by atoms with van der Waals surface area (Å²) >= 11 is 0. The smallest absolute Gasteiger partial charge is 0.328 e. The number of carbonyl (C=O) groups excluding carboxylic acids is 1. The molecule has 4 aromatic rings. The van der Waals surface area contributed by atoms with Crippen LogP contribution in [-0.2, 0) is 36.2 Å². The molecule has 0 atom stereocenters. The summed E-state index contributed by atoms with van der Waals surface area (Å²) in [5, 5.41) is 6.61. The topological polar surface area (TPSA) is 190 Å². The highest BCUT2D eigenvalue weighted by molar-refractivity contribution is 7.89. The second kappa shape index (κ2) is 13.5. The predicted octanol–water partition coefficient (Wildman–Crippen LogP) is 2.41. The van der Waals surface area contributed by atoms with Gasteiger partial charge in [-0.15, -0.1) is 0 Å². The maximum atomic E-state index is 12.8. The molecule has 0 saturated carbocycles. The Balaban J connectivity index is 1.28. The zero-order chi connectivity index (χ0) is 29.2. The molecule has 12 heteroatoms. The van der Waals surface area contributed by atoms with E-state index in [9.17, 15) is 13.2 Å². The molecule has 11 nitrogen and oxygen atoms in total. The lowest BCUT2D eigenvalue weighted by atomic mass is 10.1. The van der Waals surface area contributed by atoms with Gasteiger partial charge in [-0.1, -0.05) is 78.9 Å². The molecule has 0 aliphatic heterocycles. The molecule has 2 amide bonds. The molecule has 0 radical (unpaired) electrons. The van der Waals surface area contributed by atoms with E-state index in [1.165, 1.54) is 0 Å². The van der Waals surface area contributed by atoms with Gasteiger partial charge in [0.1, 0.15) is 0 Å². The lowest BCUT2D eigenvalue weighted by molar-refractivity contribution is 0.249. The number of fused-ring (bicyclic) bond motifs is 1. The summed E-state index contributed by atoms with van der Waals surface area (Å²) in [6.07, 6.45) is 0. The summed E-state index contributed by atoms with van der Waals surface area (Å²) in [6.45, 7) is 0.955. The number of nitrogens with zero attached hydrogens (tertiary/aromatic N) is 2. The predicted molar refractivity (Wildman–Crippen MR) is 161 cm³/mol. The fourth-order valence-electron chi connectivity index (χ4n) is 3.99. The summed E-state index contributed by atoms with van der Waals surface area (Å²) in [5.41, 5.74) is 20.7. The van der Waals surface area contributed by atoms with E-state index in [0.717, 1.165) is 33.0 Å². The molecule has 0 fully saturated rings. The van der Waals surface area contributed by atoms with E-state index in [2.05, 4.69) is 25.3 Å². The number of aliphatic imine (C=N–C) groups is 2. The number of amides is 2. The third-order valence-corrected chi connectivity index (χ3v) is 7.46. The summed E-state index contributed by atoms with van der Waals surface area (Å²) in [5.74, 6) is -0.194. The van der Waals surface area contributed by atoms with Crippen molar-refractivity contribution in [3.8, 4) is 0 Å². The molecule has 4 rings (SSSR count). The Morgan fingerprint density at radius 2 is 1.24 bits per heavy atom. The van der Waals surface area contributed by atoms with Gasteiger partial charge < -0.3 is 17.2 Å². The molecule has 0 unspecified atom stereocenters. The number of hydrogen-bond acceptors (Lipinski definition) is 6. The van der Waals surface area contributed by atoms with Crippen LogP contribution >= 0.6 is 0 Å². The van der Waals surface area contributed by atoms with E-state index in [4.69, 9.17) is 17.2 Å². The minimum Gasteiger partial charge on any atom is -0.370 e. The van der Waals surface area contributed by atoms with Crippen molar-refractivity contribution in [2.75, 3.05) is 0 Å². The lowest BCUT2D eigenvalue weighted by Crippen LogP contribution is -2.48. The first-order chi connectivity index (χ1) is 19.7. The van der Waals surface area contributed by atoms with Crippen LogP contribution < -0.4 is 32.6 Å². The summed E-state index contributed by atoms with van der Waals surface area (Å²) in [4.78, 5) is 20.7. The Bertz CT molecular complexity index is 1700. The van der Waals surface area contributed by atoms with E-state index in [1.807, 2.05) is 60.7 Å². The van der Waals surface area contributed by atoms with Crippen molar-refractivity contribution in [3.63, 3.8) is 0 Å². The average molecular weight is 573 g/mol. The molecule has 0 bridgehead atoms. The van der Waals surface area contributed by atoms with Crippen LogP contribution in [-0.4, -0.2) is 26.4 Å². The Hall–Kier alpha value is -4.78. The summed E-state index contributed by atoms with van der Waals surface area (Å²) in [6, 6.07) is 26.7. The number of benzene rings is 4. The molecule has 0 aliphatic rings. The molecule has 0 spiro atoms. The highest BCUT2D eigenvalue weighted by Crippen LogP contribution is 2.19. The van der Waals surface area contributed by atoms with Crippen LogP contribution in [0.2, 0.25) is 0 Å². The quantitative estimate of drug-likeness (QED) is 0.132. The maximum Gasteiger partial charge on any atom is 0.328 e. The van der Waals surface area contributed by atoms with Crippen molar-refractivity contribution < 1.29 is 13.2 Å².